The number of nitriles is 1. The second kappa shape index (κ2) is 6.31. The van der Waals surface area contributed by atoms with Gasteiger partial charge in [0.05, 0.1) is 23.7 Å². The normalized spacial score (nSPS) is 10.1. The van der Waals surface area contributed by atoms with Crippen molar-refractivity contribution >= 4 is 51.1 Å². The Hall–Kier alpha value is -1.49. The van der Waals surface area contributed by atoms with E-state index >= 15 is 0 Å². The van der Waals surface area contributed by atoms with E-state index in [1.165, 1.54) is 11.3 Å². The highest BCUT2D eigenvalue weighted by atomic mass is 79.9. The average Bonchev–Trinajstić information content (AvgIpc) is 2.70. The number of H-pyrrole nitrogens is 1. The molecule has 1 heterocycles. The summed E-state index contributed by atoms with van der Waals surface area (Å²) in [6, 6.07) is 7.07. The molecule has 0 aliphatic rings. The first-order chi connectivity index (χ1) is 9.49. The molecule has 1 aromatic heterocycles. The number of aryl methyl sites for hydroxylation is 1. The van der Waals surface area contributed by atoms with Crippen molar-refractivity contribution in [3.05, 3.63) is 42.8 Å². The molecule has 0 fully saturated rings. The van der Waals surface area contributed by atoms with Gasteiger partial charge in [0.25, 0.3) is 0 Å². The second-order valence-corrected chi connectivity index (χ2v) is 6.72. The standard InChI is InChI=1S/C13H10BrN3OS2/c1-7-11(20-13(19)16-7)5-12(18)17-10-3-2-8(6-15)4-9(10)14/h2-4H,5H2,1H3,(H,16,19)(H,17,18). The number of carbonyl (C=O) groups excluding carboxylic acids is 1. The fraction of sp³-hybridized carbons (Fsp3) is 0.154. The molecule has 20 heavy (non-hydrogen) atoms. The lowest BCUT2D eigenvalue weighted by Gasteiger charge is -2.07. The van der Waals surface area contributed by atoms with Gasteiger partial charge >= 0.3 is 0 Å². The molecule has 0 bridgehead atoms. The van der Waals surface area contributed by atoms with Crippen molar-refractivity contribution in [1.82, 2.24) is 4.98 Å². The third-order valence-corrected chi connectivity index (χ3v) is 4.61. The number of halogens is 1. The highest BCUT2D eigenvalue weighted by Gasteiger charge is 2.10. The summed E-state index contributed by atoms with van der Waals surface area (Å²) < 4.78 is 1.35. The van der Waals surface area contributed by atoms with Crippen molar-refractivity contribution in [3.63, 3.8) is 0 Å². The highest BCUT2D eigenvalue weighted by molar-refractivity contribution is 9.10. The van der Waals surface area contributed by atoms with Gasteiger partial charge in [-0.05, 0) is 53.3 Å². The van der Waals surface area contributed by atoms with Crippen LogP contribution < -0.4 is 5.32 Å². The molecule has 2 rings (SSSR count). The number of nitrogens with zero attached hydrogens (tertiary/aromatic N) is 1. The Morgan fingerprint density at radius 1 is 1.60 bits per heavy atom. The van der Waals surface area contributed by atoms with Gasteiger partial charge in [-0.15, -0.1) is 11.3 Å². The maximum absolute atomic E-state index is 12.0. The number of rotatable bonds is 3. The molecule has 0 saturated heterocycles. The zero-order chi connectivity index (χ0) is 14.7. The number of aromatic amines is 1. The molecule has 2 aromatic rings. The van der Waals surface area contributed by atoms with E-state index in [2.05, 4.69) is 26.2 Å². The summed E-state index contributed by atoms with van der Waals surface area (Å²) in [6.07, 6.45) is 0.274. The van der Waals surface area contributed by atoms with Crippen LogP contribution in [0.3, 0.4) is 0 Å². The molecule has 0 radical (unpaired) electrons. The molecule has 0 unspecified atom stereocenters. The van der Waals surface area contributed by atoms with Crippen molar-refractivity contribution in [3.8, 4) is 6.07 Å². The van der Waals surface area contributed by atoms with Gasteiger partial charge in [0, 0.05) is 15.0 Å². The Kier molecular flexibility index (Phi) is 4.70. The van der Waals surface area contributed by atoms with Crippen LogP contribution in [0, 0.1) is 22.2 Å². The van der Waals surface area contributed by atoms with Crippen LogP contribution in [0.1, 0.15) is 16.1 Å². The van der Waals surface area contributed by atoms with Gasteiger partial charge in [-0.3, -0.25) is 4.79 Å². The van der Waals surface area contributed by atoms with Crippen molar-refractivity contribution in [2.45, 2.75) is 13.3 Å². The van der Waals surface area contributed by atoms with E-state index < -0.39 is 0 Å². The lowest BCUT2D eigenvalue weighted by atomic mass is 10.2. The minimum Gasteiger partial charge on any atom is -0.341 e. The fourth-order valence-corrected chi connectivity index (χ4v) is 3.40. The van der Waals surface area contributed by atoms with E-state index in [0.29, 0.717) is 19.7 Å². The molecule has 0 aliphatic heterocycles. The summed E-state index contributed by atoms with van der Waals surface area (Å²) in [6.45, 7) is 1.90. The fourth-order valence-electron chi connectivity index (χ4n) is 1.63. The number of hydrogen-bond donors (Lipinski definition) is 2. The molecule has 0 atom stereocenters. The van der Waals surface area contributed by atoms with E-state index in [1.807, 2.05) is 13.0 Å². The Morgan fingerprint density at radius 3 is 2.90 bits per heavy atom. The Morgan fingerprint density at radius 2 is 2.35 bits per heavy atom. The first kappa shape index (κ1) is 14.9. The SMILES string of the molecule is Cc1[nH]c(=S)sc1CC(=O)Nc1ccc(C#N)cc1Br. The van der Waals surface area contributed by atoms with Crippen LogP contribution in [0.4, 0.5) is 5.69 Å². The average molecular weight is 368 g/mol. The summed E-state index contributed by atoms with van der Waals surface area (Å²) in [7, 11) is 0. The van der Waals surface area contributed by atoms with E-state index in [9.17, 15) is 4.79 Å². The predicted molar refractivity (Wildman–Crippen MR) is 85.4 cm³/mol. The molecule has 0 aliphatic carbocycles. The Labute approximate surface area is 133 Å². The second-order valence-electron chi connectivity index (χ2n) is 4.09. The molecule has 102 valence electrons. The van der Waals surface area contributed by atoms with Gasteiger partial charge in [0.1, 0.15) is 0 Å². The minimum atomic E-state index is -0.122. The zero-order valence-electron chi connectivity index (χ0n) is 10.5. The smallest absolute Gasteiger partial charge is 0.229 e. The van der Waals surface area contributed by atoms with Crippen molar-refractivity contribution in [2.75, 3.05) is 5.32 Å². The molecule has 2 N–H and O–H groups in total. The third-order valence-electron chi connectivity index (χ3n) is 2.62. The number of hydrogen-bond acceptors (Lipinski definition) is 4. The van der Waals surface area contributed by atoms with Crippen LogP contribution in [0.5, 0.6) is 0 Å². The molecular formula is C13H10BrN3OS2. The van der Waals surface area contributed by atoms with Crippen LogP contribution in [-0.2, 0) is 11.2 Å². The molecule has 1 aromatic carbocycles. The lowest BCUT2D eigenvalue weighted by Crippen LogP contribution is -2.14. The van der Waals surface area contributed by atoms with Gasteiger partial charge in [-0.25, -0.2) is 0 Å². The molecule has 4 nitrogen and oxygen atoms in total. The maximum atomic E-state index is 12.0. The quantitative estimate of drug-likeness (QED) is 0.807. The van der Waals surface area contributed by atoms with Gasteiger partial charge in [0.2, 0.25) is 5.91 Å². The molecule has 0 spiro atoms. The van der Waals surface area contributed by atoms with Gasteiger partial charge in [0.15, 0.2) is 3.95 Å². The summed E-state index contributed by atoms with van der Waals surface area (Å²) in [5.74, 6) is -0.122. The van der Waals surface area contributed by atoms with E-state index in [1.54, 1.807) is 18.2 Å². The first-order valence-corrected chi connectivity index (χ1v) is 7.69. The monoisotopic (exact) mass is 367 g/mol. The predicted octanol–water partition coefficient (Wildman–Crippen LogP) is 3.93. The summed E-state index contributed by atoms with van der Waals surface area (Å²) >= 11 is 9.79. The number of carbonyl (C=O) groups is 1. The first-order valence-electron chi connectivity index (χ1n) is 5.67. The Balaban J connectivity index is 2.11. The number of thiazole rings is 1. The van der Waals surface area contributed by atoms with Crippen molar-refractivity contribution < 1.29 is 4.79 Å². The van der Waals surface area contributed by atoms with Crippen LogP contribution in [0.15, 0.2) is 22.7 Å². The van der Waals surface area contributed by atoms with Gasteiger partial charge in [-0.2, -0.15) is 5.26 Å². The van der Waals surface area contributed by atoms with Crippen molar-refractivity contribution in [1.29, 1.82) is 5.26 Å². The summed E-state index contributed by atoms with van der Waals surface area (Å²) in [5, 5.41) is 11.6. The minimum absolute atomic E-state index is 0.122. The molecule has 7 heteroatoms. The number of anilines is 1. The van der Waals surface area contributed by atoms with E-state index in [-0.39, 0.29) is 12.3 Å². The van der Waals surface area contributed by atoms with E-state index in [0.717, 1.165) is 10.6 Å². The number of benzene rings is 1. The number of nitrogens with one attached hydrogen (secondary N) is 2. The van der Waals surface area contributed by atoms with Gasteiger partial charge in [-0.1, -0.05) is 0 Å². The van der Waals surface area contributed by atoms with Gasteiger partial charge < -0.3 is 10.3 Å². The van der Waals surface area contributed by atoms with Crippen LogP contribution in [0.2, 0.25) is 0 Å². The number of amides is 1. The summed E-state index contributed by atoms with van der Waals surface area (Å²) in [4.78, 5) is 16.0. The number of aromatic nitrogens is 1. The van der Waals surface area contributed by atoms with E-state index in [4.69, 9.17) is 17.5 Å². The highest BCUT2D eigenvalue weighted by Crippen LogP contribution is 2.24. The lowest BCUT2D eigenvalue weighted by molar-refractivity contribution is -0.115. The largest absolute Gasteiger partial charge is 0.341 e. The molecule has 0 saturated carbocycles. The molecule has 1 amide bonds. The van der Waals surface area contributed by atoms with Crippen LogP contribution >= 0.6 is 39.5 Å². The van der Waals surface area contributed by atoms with Crippen molar-refractivity contribution in [2.24, 2.45) is 0 Å². The maximum Gasteiger partial charge on any atom is 0.229 e. The topological polar surface area (TPSA) is 68.7 Å². The van der Waals surface area contributed by atoms with Crippen LogP contribution in [-0.4, -0.2) is 10.9 Å². The summed E-state index contributed by atoms with van der Waals surface area (Å²) in [5.41, 5.74) is 2.11. The Bertz CT molecular complexity index is 758. The zero-order valence-corrected chi connectivity index (χ0v) is 13.7. The molecular weight excluding hydrogens is 358 g/mol. The third kappa shape index (κ3) is 3.54. The van der Waals surface area contributed by atoms with Crippen LogP contribution in [0.25, 0.3) is 0 Å².